The summed E-state index contributed by atoms with van der Waals surface area (Å²) >= 11 is 6.16. The summed E-state index contributed by atoms with van der Waals surface area (Å²) in [5.41, 5.74) is 8.18. The van der Waals surface area contributed by atoms with Gasteiger partial charge in [-0.25, -0.2) is 9.37 Å². The van der Waals surface area contributed by atoms with Gasteiger partial charge in [-0.15, -0.1) is 0 Å². The van der Waals surface area contributed by atoms with Crippen LogP contribution in [0.5, 0.6) is 5.75 Å². The number of halogens is 2. The molecule has 1 aromatic heterocycles. The third-order valence-electron chi connectivity index (χ3n) is 4.40. The number of anilines is 1. The van der Waals surface area contributed by atoms with Crippen LogP contribution in [0.25, 0.3) is 11.1 Å². The molecule has 0 fully saturated rings. The lowest BCUT2D eigenvalue weighted by molar-refractivity contribution is 0.227. The summed E-state index contributed by atoms with van der Waals surface area (Å²) in [6, 6.07) is 13.4. The quantitative estimate of drug-likeness (QED) is 0.555. The van der Waals surface area contributed by atoms with Gasteiger partial charge in [0.05, 0.1) is 0 Å². The first-order chi connectivity index (χ1) is 13.1. The summed E-state index contributed by atoms with van der Waals surface area (Å²) in [5, 5.41) is 1.22. The molecule has 0 aliphatic heterocycles. The molecule has 0 amide bonds. The largest absolute Gasteiger partial charge is 0.482 e. The Morgan fingerprint density at radius 3 is 2.43 bits per heavy atom. The number of nitrogens with zero attached hydrogens (tertiary/aromatic N) is 1. The van der Waals surface area contributed by atoms with Gasteiger partial charge >= 0.3 is 0 Å². The van der Waals surface area contributed by atoms with Gasteiger partial charge in [0.15, 0.2) is 11.6 Å². The van der Waals surface area contributed by atoms with Crippen molar-refractivity contribution >= 4 is 29.9 Å². The van der Waals surface area contributed by atoms with Gasteiger partial charge in [-0.1, -0.05) is 35.9 Å². The summed E-state index contributed by atoms with van der Waals surface area (Å²) in [5.74, 6) is 0.219. The molecule has 1 heterocycles. The van der Waals surface area contributed by atoms with E-state index in [4.69, 9.17) is 22.1 Å². The number of pyridine rings is 1. The fraction of sp³-hybridized carbons (Fsp3) is 0.190. The lowest BCUT2D eigenvalue weighted by atomic mass is 10.1. The van der Waals surface area contributed by atoms with Crippen molar-refractivity contribution in [3.8, 4) is 16.9 Å². The van der Waals surface area contributed by atoms with Crippen LogP contribution < -0.4 is 15.8 Å². The van der Waals surface area contributed by atoms with E-state index in [1.807, 2.05) is 24.3 Å². The third-order valence-corrected chi connectivity index (χ3v) is 6.29. The molecule has 3 aromatic rings. The first-order valence-electron chi connectivity index (χ1n) is 8.68. The molecule has 0 bridgehead atoms. The second-order valence-corrected chi connectivity index (χ2v) is 10.6. The normalized spacial score (nSPS) is 12.6. The highest BCUT2D eigenvalue weighted by Crippen LogP contribution is 2.36. The fourth-order valence-electron chi connectivity index (χ4n) is 2.80. The molecule has 0 aliphatic rings. The number of nitrogens with two attached hydrogens (primary N) is 1. The lowest BCUT2D eigenvalue weighted by Crippen LogP contribution is -2.07. The molecule has 0 aliphatic carbocycles. The number of nitrogen functional groups attached to an aromatic ring is 1. The molecule has 2 aromatic carbocycles. The summed E-state index contributed by atoms with van der Waals surface area (Å²) in [6.07, 6.45) is 1.13. The maximum Gasteiger partial charge on any atom is 0.166 e. The lowest BCUT2D eigenvalue weighted by Gasteiger charge is -2.18. The maximum absolute atomic E-state index is 13.6. The molecule has 3 rings (SSSR count). The highest BCUT2D eigenvalue weighted by atomic mass is 35.5. The van der Waals surface area contributed by atoms with Crippen LogP contribution in [0.4, 0.5) is 10.2 Å². The summed E-state index contributed by atoms with van der Waals surface area (Å²) < 4.78 is 31.7. The van der Waals surface area contributed by atoms with E-state index in [9.17, 15) is 8.96 Å². The van der Waals surface area contributed by atoms with Gasteiger partial charge in [0.1, 0.15) is 19.1 Å². The molecule has 7 heteroatoms. The topological polar surface area (TPSA) is 65.2 Å². The predicted molar refractivity (Wildman–Crippen MR) is 114 cm³/mol. The smallest absolute Gasteiger partial charge is 0.166 e. The van der Waals surface area contributed by atoms with Gasteiger partial charge in [0, 0.05) is 27.7 Å². The van der Waals surface area contributed by atoms with Crippen molar-refractivity contribution in [3.63, 3.8) is 0 Å². The van der Waals surface area contributed by atoms with E-state index >= 15 is 0 Å². The summed E-state index contributed by atoms with van der Waals surface area (Å²) in [6.45, 7) is 5.23. The van der Waals surface area contributed by atoms with Crippen molar-refractivity contribution in [2.75, 3.05) is 19.1 Å². The molecule has 1 unspecified atom stereocenters. The number of ether oxygens (including phenoxy) is 1. The maximum atomic E-state index is 13.6. The minimum absolute atomic E-state index is 0.228. The summed E-state index contributed by atoms with van der Waals surface area (Å²) in [7, 11) is -2.31. The first-order valence-corrected chi connectivity index (χ1v) is 11.7. The molecule has 28 heavy (non-hydrogen) atoms. The van der Waals surface area contributed by atoms with E-state index in [1.54, 1.807) is 32.5 Å². The van der Waals surface area contributed by atoms with Crippen molar-refractivity contribution in [2.24, 2.45) is 0 Å². The van der Waals surface area contributed by atoms with Crippen molar-refractivity contribution < 1.29 is 13.7 Å². The Morgan fingerprint density at radius 1 is 1.11 bits per heavy atom. The van der Waals surface area contributed by atoms with Gasteiger partial charge in [-0.05, 0) is 50.1 Å². The molecule has 1 atom stereocenters. The van der Waals surface area contributed by atoms with E-state index in [2.05, 4.69) is 4.98 Å². The Labute approximate surface area is 168 Å². The van der Waals surface area contributed by atoms with Crippen LogP contribution in [0, 0.1) is 5.82 Å². The Morgan fingerprint density at radius 2 is 1.79 bits per heavy atom. The van der Waals surface area contributed by atoms with Crippen molar-refractivity contribution in [2.45, 2.75) is 13.0 Å². The van der Waals surface area contributed by atoms with E-state index in [-0.39, 0.29) is 11.6 Å². The monoisotopic (exact) mass is 418 g/mol. The average Bonchev–Trinajstić information content (AvgIpc) is 2.65. The summed E-state index contributed by atoms with van der Waals surface area (Å²) in [4.78, 5) is 4.20. The van der Waals surface area contributed by atoms with Crippen molar-refractivity contribution in [3.05, 3.63) is 71.1 Å². The van der Waals surface area contributed by atoms with Gasteiger partial charge in [0.25, 0.3) is 0 Å². The predicted octanol–water partition coefficient (Wildman–Crippen LogP) is 5.51. The molecule has 0 saturated carbocycles. The number of hydrogen-bond acceptors (Lipinski definition) is 4. The molecule has 2 N–H and O–H groups in total. The molecule has 0 spiro atoms. The highest BCUT2D eigenvalue weighted by Gasteiger charge is 2.16. The van der Waals surface area contributed by atoms with Crippen molar-refractivity contribution in [1.82, 2.24) is 4.98 Å². The van der Waals surface area contributed by atoms with Gasteiger partial charge in [-0.2, -0.15) is 0 Å². The van der Waals surface area contributed by atoms with Gasteiger partial charge in [-0.3, -0.25) is 0 Å². The standard InChI is InChI=1S/C21H21ClFN2O2P/c1-13(18-11-16(23)6-9-19(18)22)27-20-10-15(12-25-21(20)24)14-4-7-17(8-5-14)28(2,3)26/h4-13H,1-3H3,(H2,24,25). The third kappa shape index (κ3) is 4.54. The molecular weight excluding hydrogens is 398 g/mol. The van der Waals surface area contributed by atoms with Crippen LogP contribution in [-0.4, -0.2) is 18.3 Å². The number of hydrogen-bond donors (Lipinski definition) is 1. The molecule has 0 radical (unpaired) electrons. The van der Waals surface area contributed by atoms with Crippen LogP contribution in [0.2, 0.25) is 5.02 Å². The molecular formula is C21H21ClFN2O2P. The number of rotatable bonds is 5. The number of benzene rings is 2. The van der Waals surface area contributed by atoms with Crippen molar-refractivity contribution in [1.29, 1.82) is 0 Å². The zero-order valence-corrected chi connectivity index (χ0v) is 17.5. The van der Waals surface area contributed by atoms with Crippen LogP contribution >= 0.6 is 18.7 Å². The molecule has 4 nitrogen and oxygen atoms in total. The van der Waals surface area contributed by atoms with E-state index in [1.165, 1.54) is 18.2 Å². The van der Waals surface area contributed by atoms with Crippen LogP contribution in [0.1, 0.15) is 18.6 Å². The Balaban J connectivity index is 1.89. The SMILES string of the molecule is CC(Oc1cc(-c2ccc(P(C)(C)=O)cc2)cnc1N)c1cc(F)ccc1Cl. The minimum Gasteiger partial charge on any atom is -0.482 e. The molecule has 146 valence electrons. The van der Waals surface area contributed by atoms with Crippen LogP contribution in [0.3, 0.4) is 0 Å². The van der Waals surface area contributed by atoms with E-state index < -0.39 is 13.2 Å². The zero-order chi connectivity index (χ0) is 20.5. The Bertz CT molecular complexity index is 1050. The zero-order valence-electron chi connectivity index (χ0n) is 15.8. The second-order valence-electron chi connectivity index (χ2n) is 6.93. The average molecular weight is 419 g/mol. The minimum atomic E-state index is -2.31. The highest BCUT2D eigenvalue weighted by molar-refractivity contribution is 7.70. The second kappa shape index (κ2) is 7.94. The Hall–Kier alpha value is -2.36. The van der Waals surface area contributed by atoms with Gasteiger partial charge in [0.2, 0.25) is 0 Å². The first kappa shape index (κ1) is 20.4. The van der Waals surface area contributed by atoms with Crippen LogP contribution in [0.15, 0.2) is 54.7 Å². The number of aromatic nitrogens is 1. The van der Waals surface area contributed by atoms with Gasteiger partial charge < -0.3 is 15.0 Å². The molecule has 0 saturated heterocycles. The Kier molecular flexibility index (Phi) is 5.78. The fourth-order valence-corrected chi connectivity index (χ4v) is 3.94. The van der Waals surface area contributed by atoms with E-state index in [0.29, 0.717) is 16.3 Å². The van der Waals surface area contributed by atoms with E-state index in [0.717, 1.165) is 16.4 Å². The van der Waals surface area contributed by atoms with Crippen LogP contribution in [-0.2, 0) is 4.57 Å².